The van der Waals surface area contributed by atoms with Crippen LogP contribution in [0.4, 0.5) is 0 Å². The number of carbonyl (C=O) groups excluding carboxylic acids is 2. The lowest BCUT2D eigenvalue weighted by Gasteiger charge is -2.25. The number of phenols is 1. The summed E-state index contributed by atoms with van der Waals surface area (Å²) in [6.45, 7) is 4.12. The number of carbonyl (C=O) groups is 2. The lowest BCUT2D eigenvalue weighted by atomic mass is 10.1. The maximum Gasteiger partial charge on any atom is 0.333 e. The lowest BCUT2D eigenvalue weighted by molar-refractivity contribution is -0.151. The van der Waals surface area contributed by atoms with Gasteiger partial charge < -0.3 is 14.6 Å². The second kappa shape index (κ2) is 9.77. The summed E-state index contributed by atoms with van der Waals surface area (Å²) < 4.78 is 10.9. The molecule has 6 nitrogen and oxygen atoms in total. The van der Waals surface area contributed by atoms with Gasteiger partial charge in [0.1, 0.15) is 4.32 Å². The molecule has 8 heteroatoms. The van der Waals surface area contributed by atoms with E-state index in [1.165, 1.54) is 11.0 Å². The second-order valence-electron chi connectivity index (χ2n) is 6.28. The quantitative estimate of drug-likeness (QED) is 0.388. The molecule has 0 spiro atoms. The molecule has 1 unspecified atom stereocenters. The number of ether oxygens (including phenoxy) is 2. The number of nitrogens with zero attached hydrogens (tertiary/aromatic N) is 1. The van der Waals surface area contributed by atoms with Crippen LogP contribution in [0.1, 0.15) is 31.0 Å². The van der Waals surface area contributed by atoms with Gasteiger partial charge in [-0.3, -0.25) is 9.69 Å². The Morgan fingerprint density at radius 2 is 1.93 bits per heavy atom. The Morgan fingerprint density at radius 3 is 2.60 bits per heavy atom. The van der Waals surface area contributed by atoms with Crippen molar-refractivity contribution in [2.45, 2.75) is 19.9 Å². The first-order chi connectivity index (χ1) is 14.5. The highest BCUT2D eigenvalue weighted by molar-refractivity contribution is 8.26. The molecule has 2 aromatic rings. The number of rotatable bonds is 7. The third kappa shape index (κ3) is 4.66. The Labute approximate surface area is 184 Å². The third-order valence-electron chi connectivity index (χ3n) is 4.29. The Bertz CT molecular complexity index is 990. The topological polar surface area (TPSA) is 76.1 Å². The Hall–Kier alpha value is -2.84. The third-order valence-corrected chi connectivity index (χ3v) is 5.62. The molecule has 0 aliphatic carbocycles. The van der Waals surface area contributed by atoms with Crippen LogP contribution < -0.4 is 4.74 Å². The number of aromatic hydroxyl groups is 1. The molecule has 1 aliphatic heterocycles. The molecule has 0 bridgehead atoms. The van der Waals surface area contributed by atoms with Gasteiger partial charge in [0, 0.05) is 0 Å². The standard InChI is InChI=1S/C22H21NO5S2/c1-3-27-17-12-14(10-11-16(17)24)13-18-20(25)23(22(29)30-18)19(21(26)28-4-2)15-8-6-5-7-9-15/h5-13,19,24H,3-4H2,1-2H3/b18-13-. The number of phenolic OH excluding ortho intramolecular Hbond substituents is 1. The van der Waals surface area contributed by atoms with Gasteiger partial charge in [-0.15, -0.1) is 0 Å². The Kier molecular flexibility index (Phi) is 7.12. The minimum absolute atomic E-state index is 0.0213. The van der Waals surface area contributed by atoms with Crippen molar-refractivity contribution < 1.29 is 24.2 Å². The van der Waals surface area contributed by atoms with Crippen LogP contribution >= 0.6 is 24.0 Å². The van der Waals surface area contributed by atoms with Crippen LogP contribution in [0.2, 0.25) is 0 Å². The van der Waals surface area contributed by atoms with Gasteiger partial charge in [-0.1, -0.05) is 60.4 Å². The van der Waals surface area contributed by atoms with Crippen molar-refractivity contribution in [1.29, 1.82) is 0 Å². The highest BCUT2D eigenvalue weighted by Gasteiger charge is 2.42. The van der Waals surface area contributed by atoms with Crippen molar-refractivity contribution in [3.63, 3.8) is 0 Å². The number of hydrogen-bond donors (Lipinski definition) is 1. The summed E-state index contributed by atoms with van der Waals surface area (Å²) in [5.74, 6) is -0.564. The van der Waals surface area contributed by atoms with Gasteiger partial charge in [0.25, 0.3) is 5.91 Å². The minimum atomic E-state index is -0.955. The van der Waals surface area contributed by atoms with Crippen molar-refractivity contribution in [2.24, 2.45) is 0 Å². The fourth-order valence-corrected chi connectivity index (χ4v) is 4.31. The molecule has 1 atom stereocenters. The average molecular weight is 444 g/mol. The summed E-state index contributed by atoms with van der Waals surface area (Å²) in [5, 5.41) is 9.88. The maximum atomic E-state index is 13.2. The van der Waals surface area contributed by atoms with E-state index in [-0.39, 0.29) is 22.6 Å². The molecule has 1 fully saturated rings. The van der Waals surface area contributed by atoms with E-state index >= 15 is 0 Å². The number of thiocarbonyl (C=S) groups is 1. The lowest BCUT2D eigenvalue weighted by Crippen LogP contribution is -2.38. The number of hydrogen-bond acceptors (Lipinski definition) is 7. The zero-order valence-corrected chi connectivity index (χ0v) is 18.2. The van der Waals surface area contributed by atoms with Crippen molar-refractivity contribution >= 4 is 46.3 Å². The van der Waals surface area contributed by atoms with Gasteiger partial charge in [0.05, 0.1) is 18.1 Å². The monoisotopic (exact) mass is 443 g/mol. The van der Waals surface area contributed by atoms with E-state index in [1.54, 1.807) is 49.4 Å². The van der Waals surface area contributed by atoms with Gasteiger partial charge in [-0.25, -0.2) is 4.79 Å². The summed E-state index contributed by atoms with van der Waals surface area (Å²) in [5.41, 5.74) is 1.29. The van der Waals surface area contributed by atoms with Gasteiger partial charge in [0.15, 0.2) is 17.5 Å². The summed E-state index contributed by atoms with van der Waals surface area (Å²) in [4.78, 5) is 27.5. The predicted octanol–water partition coefficient (Wildman–Crippen LogP) is 4.30. The molecule has 1 heterocycles. The maximum absolute atomic E-state index is 13.2. The van der Waals surface area contributed by atoms with Gasteiger partial charge in [0.2, 0.25) is 0 Å². The highest BCUT2D eigenvalue weighted by Crippen LogP contribution is 2.39. The van der Waals surface area contributed by atoms with E-state index in [4.69, 9.17) is 21.7 Å². The molecule has 156 valence electrons. The summed E-state index contributed by atoms with van der Waals surface area (Å²) in [6, 6.07) is 12.8. The van der Waals surface area contributed by atoms with Crippen molar-refractivity contribution in [2.75, 3.05) is 13.2 Å². The molecule has 3 rings (SSSR count). The highest BCUT2D eigenvalue weighted by atomic mass is 32.2. The average Bonchev–Trinajstić information content (AvgIpc) is 3.00. The minimum Gasteiger partial charge on any atom is -0.504 e. The number of benzene rings is 2. The summed E-state index contributed by atoms with van der Waals surface area (Å²) in [7, 11) is 0. The van der Waals surface area contributed by atoms with Crippen LogP contribution in [0, 0.1) is 0 Å². The first-order valence-corrected chi connectivity index (χ1v) is 10.6. The van der Waals surface area contributed by atoms with E-state index in [1.807, 2.05) is 13.0 Å². The first-order valence-electron chi connectivity index (χ1n) is 9.40. The molecular formula is C22H21NO5S2. The van der Waals surface area contributed by atoms with Crippen LogP contribution in [0.25, 0.3) is 6.08 Å². The van der Waals surface area contributed by atoms with Crippen LogP contribution in [0.5, 0.6) is 11.5 Å². The molecule has 1 aliphatic rings. The van der Waals surface area contributed by atoms with Crippen molar-refractivity contribution in [3.05, 3.63) is 64.6 Å². The van der Waals surface area contributed by atoms with E-state index < -0.39 is 12.0 Å². The molecule has 0 radical (unpaired) electrons. The largest absolute Gasteiger partial charge is 0.504 e. The second-order valence-corrected chi connectivity index (χ2v) is 7.95. The molecule has 30 heavy (non-hydrogen) atoms. The summed E-state index contributed by atoms with van der Waals surface area (Å²) >= 11 is 6.55. The van der Waals surface area contributed by atoms with E-state index in [2.05, 4.69) is 0 Å². The molecule has 2 aromatic carbocycles. The molecule has 0 saturated carbocycles. The Morgan fingerprint density at radius 1 is 1.20 bits per heavy atom. The van der Waals surface area contributed by atoms with Crippen LogP contribution in [-0.4, -0.2) is 39.4 Å². The zero-order chi connectivity index (χ0) is 21.7. The van der Waals surface area contributed by atoms with Crippen molar-refractivity contribution in [3.8, 4) is 11.5 Å². The first kappa shape index (κ1) is 21.9. The van der Waals surface area contributed by atoms with E-state index in [9.17, 15) is 14.7 Å². The van der Waals surface area contributed by atoms with E-state index in [0.717, 1.165) is 11.8 Å². The fourth-order valence-electron chi connectivity index (χ4n) is 2.99. The predicted molar refractivity (Wildman–Crippen MR) is 120 cm³/mol. The van der Waals surface area contributed by atoms with Gasteiger partial charge in [-0.05, 0) is 43.2 Å². The molecule has 1 saturated heterocycles. The smallest absolute Gasteiger partial charge is 0.333 e. The molecular weight excluding hydrogens is 422 g/mol. The van der Waals surface area contributed by atoms with Crippen molar-refractivity contribution in [1.82, 2.24) is 4.90 Å². The number of thioether (sulfide) groups is 1. The van der Waals surface area contributed by atoms with E-state index in [0.29, 0.717) is 28.4 Å². The fraction of sp³-hybridized carbons (Fsp3) is 0.227. The Balaban J connectivity index is 1.95. The molecule has 0 aromatic heterocycles. The van der Waals surface area contributed by atoms with Gasteiger partial charge in [-0.2, -0.15) is 0 Å². The number of esters is 1. The normalized spacial score (nSPS) is 16.1. The molecule has 1 N–H and O–H groups in total. The van der Waals surface area contributed by atoms with Crippen LogP contribution in [-0.2, 0) is 14.3 Å². The molecule has 1 amide bonds. The summed E-state index contributed by atoms with van der Waals surface area (Å²) in [6.07, 6.45) is 1.66. The zero-order valence-electron chi connectivity index (χ0n) is 16.5. The van der Waals surface area contributed by atoms with Crippen LogP contribution in [0.15, 0.2) is 53.4 Å². The SMILES string of the molecule is CCOC(=O)C(c1ccccc1)N1C(=O)/C(=C/c2ccc(O)c(OCC)c2)SC1=S. The van der Waals surface area contributed by atoms with Crippen LogP contribution in [0.3, 0.4) is 0 Å². The van der Waals surface area contributed by atoms with Gasteiger partial charge >= 0.3 is 5.97 Å². The number of amides is 1.